The summed E-state index contributed by atoms with van der Waals surface area (Å²) < 4.78 is 29.1. The van der Waals surface area contributed by atoms with Gasteiger partial charge in [-0.3, -0.25) is 4.79 Å². The molecular formula is C13H16F2N2O2. The van der Waals surface area contributed by atoms with Crippen molar-refractivity contribution in [3.05, 3.63) is 29.8 Å². The van der Waals surface area contributed by atoms with E-state index < -0.39 is 18.6 Å². The van der Waals surface area contributed by atoms with Crippen molar-refractivity contribution in [2.24, 2.45) is 11.7 Å². The summed E-state index contributed by atoms with van der Waals surface area (Å²) in [6.45, 7) is -2.28. The zero-order valence-corrected chi connectivity index (χ0v) is 10.3. The second kappa shape index (κ2) is 5.97. The van der Waals surface area contributed by atoms with Crippen LogP contribution < -0.4 is 15.8 Å². The molecule has 6 heteroatoms. The van der Waals surface area contributed by atoms with Gasteiger partial charge in [0.1, 0.15) is 11.8 Å². The molecule has 1 unspecified atom stereocenters. The minimum atomic E-state index is -2.93. The Morgan fingerprint density at radius 3 is 2.68 bits per heavy atom. The number of primary amides is 1. The van der Waals surface area contributed by atoms with Crippen molar-refractivity contribution in [1.29, 1.82) is 0 Å². The first-order valence-electron chi connectivity index (χ1n) is 6.14. The van der Waals surface area contributed by atoms with Crippen molar-refractivity contribution in [2.45, 2.75) is 25.5 Å². The molecule has 1 fully saturated rings. The van der Waals surface area contributed by atoms with Crippen LogP contribution in [-0.4, -0.2) is 19.1 Å². The van der Waals surface area contributed by atoms with Gasteiger partial charge in [-0.25, -0.2) is 0 Å². The van der Waals surface area contributed by atoms with Crippen molar-refractivity contribution >= 4 is 5.91 Å². The number of amides is 1. The molecule has 1 aliphatic carbocycles. The van der Waals surface area contributed by atoms with Gasteiger partial charge in [0, 0.05) is 5.56 Å². The van der Waals surface area contributed by atoms with Crippen molar-refractivity contribution in [1.82, 2.24) is 5.32 Å². The number of hydrogen-bond acceptors (Lipinski definition) is 3. The summed E-state index contributed by atoms with van der Waals surface area (Å²) in [6, 6.07) is 5.38. The number of halogens is 2. The van der Waals surface area contributed by atoms with E-state index in [1.165, 1.54) is 6.07 Å². The molecule has 0 aliphatic heterocycles. The molecule has 2 rings (SSSR count). The number of ether oxygens (including phenoxy) is 1. The number of hydrogen-bond donors (Lipinski definition) is 2. The third-order valence-electron chi connectivity index (χ3n) is 3.04. The molecule has 1 aliphatic rings. The van der Waals surface area contributed by atoms with Crippen LogP contribution >= 0.6 is 0 Å². The lowest BCUT2D eigenvalue weighted by atomic mass is 10.0. The first-order valence-corrected chi connectivity index (χ1v) is 6.14. The van der Waals surface area contributed by atoms with Crippen LogP contribution in [0.4, 0.5) is 8.78 Å². The fraction of sp³-hybridized carbons (Fsp3) is 0.462. The monoisotopic (exact) mass is 270 g/mol. The topological polar surface area (TPSA) is 64.4 Å². The van der Waals surface area contributed by atoms with Gasteiger partial charge in [0.05, 0.1) is 0 Å². The van der Waals surface area contributed by atoms with Crippen LogP contribution in [-0.2, 0) is 4.79 Å². The van der Waals surface area contributed by atoms with Gasteiger partial charge in [0.25, 0.3) is 0 Å². The molecular weight excluding hydrogens is 254 g/mol. The first kappa shape index (κ1) is 13.7. The number of rotatable bonds is 7. The molecule has 0 heterocycles. The average Bonchev–Trinajstić information content (AvgIpc) is 3.14. The first-order chi connectivity index (χ1) is 9.08. The Morgan fingerprint density at radius 2 is 2.11 bits per heavy atom. The van der Waals surface area contributed by atoms with E-state index in [2.05, 4.69) is 10.1 Å². The van der Waals surface area contributed by atoms with Gasteiger partial charge >= 0.3 is 6.61 Å². The number of carbonyl (C=O) groups is 1. The Hall–Kier alpha value is -1.69. The van der Waals surface area contributed by atoms with Crippen molar-refractivity contribution < 1.29 is 18.3 Å². The fourth-order valence-corrected chi connectivity index (χ4v) is 1.89. The van der Waals surface area contributed by atoms with Gasteiger partial charge in [-0.15, -0.1) is 0 Å². The molecule has 1 amide bonds. The summed E-state index contributed by atoms with van der Waals surface area (Å²) in [4.78, 5) is 11.5. The highest BCUT2D eigenvalue weighted by Crippen LogP contribution is 2.30. The molecule has 0 saturated heterocycles. The summed E-state index contributed by atoms with van der Waals surface area (Å²) in [5.74, 6) is -0.0828. The Labute approximate surface area is 109 Å². The van der Waals surface area contributed by atoms with E-state index in [4.69, 9.17) is 5.73 Å². The highest BCUT2D eigenvalue weighted by Gasteiger charge is 2.27. The van der Waals surface area contributed by atoms with E-state index >= 15 is 0 Å². The maximum Gasteiger partial charge on any atom is 0.387 e. The van der Waals surface area contributed by atoms with Crippen molar-refractivity contribution in [2.75, 3.05) is 6.54 Å². The molecule has 4 nitrogen and oxygen atoms in total. The van der Waals surface area contributed by atoms with E-state index in [1.807, 2.05) is 0 Å². The predicted octanol–water partition coefficient (Wildman–Crippen LogP) is 1.81. The van der Waals surface area contributed by atoms with Gasteiger partial charge in [0.15, 0.2) is 0 Å². The van der Waals surface area contributed by atoms with Gasteiger partial charge < -0.3 is 15.8 Å². The maximum absolute atomic E-state index is 12.3. The lowest BCUT2D eigenvalue weighted by molar-refractivity contribution is -0.120. The molecule has 104 valence electrons. The molecule has 1 atom stereocenters. The predicted molar refractivity (Wildman–Crippen MR) is 65.7 cm³/mol. The number of nitrogens with one attached hydrogen (secondary N) is 1. The highest BCUT2D eigenvalue weighted by molar-refractivity contribution is 5.82. The number of alkyl halides is 2. The smallest absolute Gasteiger partial charge is 0.387 e. The Bertz CT molecular complexity index is 450. The maximum atomic E-state index is 12.3. The van der Waals surface area contributed by atoms with E-state index in [0.717, 1.165) is 12.8 Å². The van der Waals surface area contributed by atoms with E-state index in [-0.39, 0.29) is 5.75 Å². The van der Waals surface area contributed by atoms with Gasteiger partial charge in [-0.2, -0.15) is 8.78 Å². The Kier molecular flexibility index (Phi) is 4.31. The van der Waals surface area contributed by atoms with Crippen LogP contribution in [0.5, 0.6) is 5.75 Å². The van der Waals surface area contributed by atoms with Crippen LogP contribution in [0.2, 0.25) is 0 Å². The quantitative estimate of drug-likeness (QED) is 0.794. The summed E-state index contributed by atoms with van der Waals surface area (Å²) in [5, 5.41) is 3.01. The molecule has 19 heavy (non-hydrogen) atoms. The molecule has 3 N–H and O–H groups in total. The second-order valence-electron chi connectivity index (χ2n) is 4.60. The minimum Gasteiger partial charge on any atom is -0.434 e. The van der Waals surface area contributed by atoms with Crippen LogP contribution in [0, 0.1) is 5.92 Å². The van der Waals surface area contributed by atoms with Crippen LogP contribution in [0.15, 0.2) is 24.3 Å². The lowest BCUT2D eigenvalue weighted by Crippen LogP contribution is -2.35. The zero-order chi connectivity index (χ0) is 13.8. The largest absolute Gasteiger partial charge is 0.434 e. The Morgan fingerprint density at radius 1 is 1.42 bits per heavy atom. The van der Waals surface area contributed by atoms with Crippen LogP contribution in [0.3, 0.4) is 0 Å². The third kappa shape index (κ3) is 3.89. The SMILES string of the molecule is NC(=O)C(NCC1CC1)c1ccccc1OC(F)F. The van der Waals surface area contributed by atoms with E-state index in [1.54, 1.807) is 18.2 Å². The van der Waals surface area contributed by atoms with Crippen molar-refractivity contribution in [3.63, 3.8) is 0 Å². The van der Waals surface area contributed by atoms with Gasteiger partial charge in [-0.1, -0.05) is 18.2 Å². The lowest BCUT2D eigenvalue weighted by Gasteiger charge is -2.19. The summed E-state index contributed by atoms with van der Waals surface area (Å²) >= 11 is 0. The normalized spacial score (nSPS) is 16.4. The van der Waals surface area contributed by atoms with E-state index in [0.29, 0.717) is 18.0 Å². The molecule has 0 radical (unpaired) electrons. The summed E-state index contributed by atoms with van der Waals surface area (Å²) in [6.07, 6.45) is 2.24. The van der Waals surface area contributed by atoms with E-state index in [9.17, 15) is 13.6 Å². The standard InChI is InChI=1S/C13H16F2N2O2/c14-13(15)19-10-4-2-1-3-9(10)11(12(16)18)17-7-8-5-6-8/h1-4,8,11,13,17H,5-7H2,(H2,16,18). The molecule has 1 aromatic carbocycles. The van der Waals surface area contributed by atoms with Crippen LogP contribution in [0.25, 0.3) is 0 Å². The molecule has 1 aromatic rings. The molecule has 0 aromatic heterocycles. The summed E-state index contributed by atoms with van der Waals surface area (Å²) in [7, 11) is 0. The number of para-hydroxylation sites is 1. The third-order valence-corrected chi connectivity index (χ3v) is 3.04. The number of carbonyl (C=O) groups excluding carboxylic acids is 1. The van der Waals surface area contributed by atoms with Crippen LogP contribution in [0.1, 0.15) is 24.4 Å². The molecule has 0 spiro atoms. The molecule has 0 bridgehead atoms. The second-order valence-corrected chi connectivity index (χ2v) is 4.60. The van der Waals surface area contributed by atoms with Gasteiger partial charge in [0.2, 0.25) is 5.91 Å². The highest BCUT2D eigenvalue weighted by atomic mass is 19.3. The number of benzene rings is 1. The number of nitrogens with two attached hydrogens (primary N) is 1. The minimum absolute atomic E-state index is 0.0235. The molecule has 1 saturated carbocycles. The average molecular weight is 270 g/mol. The summed E-state index contributed by atoms with van der Waals surface area (Å²) in [5.41, 5.74) is 5.67. The van der Waals surface area contributed by atoms with Crippen molar-refractivity contribution in [3.8, 4) is 5.75 Å². The van der Waals surface area contributed by atoms with Gasteiger partial charge in [-0.05, 0) is 31.4 Å². The fourth-order valence-electron chi connectivity index (χ4n) is 1.89. The zero-order valence-electron chi connectivity index (χ0n) is 10.3. The Balaban J connectivity index is 2.16.